The number of carbonyl (C=O) groups excluding carboxylic acids is 4. The molecular formula is C23H31N3O6. The Bertz CT molecular complexity index is 860. The molecule has 0 aliphatic heterocycles. The van der Waals surface area contributed by atoms with E-state index in [0.717, 1.165) is 5.56 Å². The predicted octanol–water partition coefficient (Wildman–Crippen LogP) is 2.20. The largest absolute Gasteiger partial charge is 0.468 e. The summed E-state index contributed by atoms with van der Waals surface area (Å²) in [5.74, 6) is -1.77. The van der Waals surface area contributed by atoms with E-state index in [0.29, 0.717) is 5.56 Å². The van der Waals surface area contributed by atoms with Crippen molar-refractivity contribution in [2.75, 3.05) is 26.7 Å². The van der Waals surface area contributed by atoms with Crippen molar-refractivity contribution in [2.45, 2.75) is 32.4 Å². The van der Waals surface area contributed by atoms with E-state index in [1.807, 2.05) is 0 Å². The zero-order chi connectivity index (χ0) is 24.3. The maximum atomic E-state index is 13.0. The molecule has 1 unspecified atom stereocenters. The van der Waals surface area contributed by atoms with Crippen LogP contribution in [0.2, 0.25) is 0 Å². The van der Waals surface area contributed by atoms with Crippen molar-refractivity contribution in [1.82, 2.24) is 15.5 Å². The van der Waals surface area contributed by atoms with E-state index in [9.17, 15) is 19.2 Å². The number of methoxy groups -OCH3 is 1. The lowest BCUT2D eigenvalue weighted by Crippen LogP contribution is -2.48. The minimum absolute atomic E-state index is 0.0173. The molecule has 0 heterocycles. The molecule has 0 spiro atoms. The second-order valence-electron chi connectivity index (χ2n) is 7.76. The molecule has 0 aliphatic rings. The van der Waals surface area contributed by atoms with Crippen molar-refractivity contribution >= 4 is 30.0 Å². The van der Waals surface area contributed by atoms with Gasteiger partial charge in [-0.1, -0.05) is 36.9 Å². The molecule has 32 heavy (non-hydrogen) atoms. The number of hydrogen-bond acceptors (Lipinski definition) is 6. The van der Waals surface area contributed by atoms with Gasteiger partial charge in [-0.25, -0.2) is 4.79 Å². The van der Waals surface area contributed by atoms with Gasteiger partial charge in [-0.15, -0.1) is 6.58 Å². The van der Waals surface area contributed by atoms with Crippen LogP contribution in [0.5, 0.6) is 0 Å². The first-order valence-electron chi connectivity index (χ1n) is 9.96. The van der Waals surface area contributed by atoms with E-state index in [4.69, 9.17) is 4.74 Å². The maximum absolute atomic E-state index is 13.0. The lowest BCUT2D eigenvalue weighted by Gasteiger charge is -2.31. The van der Waals surface area contributed by atoms with E-state index < -0.39 is 42.1 Å². The van der Waals surface area contributed by atoms with Gasteiger partial charge in [0.25, 0.3) is 0 Å². The molecule has 2 N–H and O–H groups in total. The Kier molecular flexibility index (Phi) is 10.1. The maximum Gasteiger partial charge on any atom is 0.408 e. The molecule has 0 bridgehead atoms. The summed E-state index contributed by atoms with van der Waals surface area (Å²) in [6, 6.07) is 5.82. The highest BCUT2D eigenvalue weighted by Gasteiger charge is 2.31. The zero-order valence-corrected chi connectivity index (χ0v) is 19.0. The van der Waals surface area contributed by atoms with Crippen LogP contribution in [0, 0.1) is 0 Å². The van der Waals surface area contributed by atoms with Gasteiger partial charge in [-0.05, 0) is 38.0 Å². The number of esters is 1. The number of alkyl carbamates (subject to hydrolysis) is 1. The highest BCUT2D eigenvalue weighted by Crippen LogP contribution is 2.23. The molecule has 9 heteroatoms. The van der Waals surface area contributed by atoms with Gasteiger partial charge in [0, 0.05) is 6.54 Å². The summed E-state index contributed by atoms with van der Waals surface area (Å²) in [4.78, 5) is 50.7. The van der Waals surface area contributed by atoms with Gasteiger partial charge in [0.05, 0.1) is 7.11 Å². The van der Waals surface area contributed by atoms with Gasteiger partial charge in [-0.3, -0.25) is 14.4 Å². The molecule has 0 radical (unpaired) electrons. The van der Waals surface area contributed by atoms with Crippen molar-refractivity contribution < 1.29 is 28.7 Å². The fraction of sp³-hybridized carbons (Fsp3) is 0.391. The quantitative estimate of drug-likeness (QED) is 0.422. The highest BCUT2D eigenvalue weighted by atomic mass is 16.6. The average Bonchev–Trinajstić information content (AvgIpc) is 2.74. The molecule has 0 aliphatic carbocycles. The van der Waals surface area contributed by atoms with Crippen molar-refractivity contribution in [3.63, 3.8) is 0 Å². The fourth-order valence-electron chi connectivity index (χ4n) is 2.71. The molecule has 174 valence electrons. The summed E-state index contributed by atoms with van der Waals surface area (Å²) >= 11 is 0. The van der Waals surface area contributed by atoms with Crippen LogP contribution in [0.25, 0.3) is 6.08 Å². The van der Waals surface area contributed by atoms with Crippen LogP contribution in [0.1, 0.15) is 37.9 Å². The lowest BCUT2D eigenvalue weighted by atomic mass is 10.0. The monoisotopic (exact) mass is 445 g/mol. The van der Waals surface area contributed by atoms with Gasteiger partial charge in [0.15, 0.2) is 0 Å². The van der Waals surface area contributed by atoms with Gasteiger partial charge >= 0.3 is 12.1 Å². The molecule has 0 fully saturated rings. The summed E-state index contributed by atoms with van der Waals surface area (Å²) < 4.78 is 9.70. The number of carbonyl (C=O) groups is 4. The van der Waals surface area contributed by atoms with Crippen molar-refractivity contribution in [3.8, 4) is 0 Å². The van der Waals surface area contributed by atoms with E-state index in [1.54, 1.807) is 51.1 Å². The number of hydrogen-bond donors (Lipinski definition) is 2. The molecule has 3 amide bonds. The molecule has 1 rings (SSSR count). The number of nitrogens with zero attached hydrogens (tertiary/aromatic N) is 1. The van der Waals surface area contributed by atoms with E-state index in [1.165, 1.54) is 18.1 Å². The Morgan fingerprint density at radius 3 is 2.38 bits per heavy atom. The Balaban J connectivity index is 3.19. The number of nitrogens with one attached hydrogen (secondary N) is 2. The van der Waals surface area contributed by atoms with Crippen LogP contribution in [0.3, 0.4) is 0 Å². The number of rotatable bonds is 10. The van der Waals surface area contributed by atoms with Crippen molar-refractivity contribution in [1.29, 1.82) is 0 Å². The summed E-state index contributed by atoms with van der Waals surface area (Å²) in [5.41, 5.74) is 0.512. The van der Waals surface area contributed by atoms with Gasteiger partial charge in [-0.2, -0.15) is 0 Å². The zero-order valence-electron chi connectivity index (χ0n) is 19.0. The van der Waals surface area contributed by atoms with Crippen LogP contribution >= 0.6 is 0 Å². The first kappa shape index (κ1) is 26.4. The highest BCUT2D eigenvalue weighted by molar-refractivity contribution is 5.92. The molecule has 0 saturated heterocycles. The third kappa shape index (κ3) is 8.63. The van der Waals surface area contributed by atoms with Gasteiger partial charge in [0.1, 0.15) is 24.7 Å². The SMILES string of the molecule is C=CCN(C(=O)CNC(=O)OC(C)(C)C)C(C(=O)NCC(=O)OC)c1cccc(C=C)c1. The van der Waals surface area contributed by atoms with Crippen molar-refractivity contribution in [2.24, 2.45) is 0 Å². The lowest BCUT2D eigenvalue weighted by molar-refractivity contribution is -0.143. The molecule has 9 nitrogen and oxygen atoms in total. The van der Waals surface area contributed by atoms with Crippen molar-refractivity contribution in [3.05, 3.63) is 54.6 Å². The number of benzene rings is 1. The summed E-state index contributed by atoms with van der Waals surface area (Å²) in [6.45, 7) is 11.7. The smallest absolute Gasteiger partial charge is 0.408 e. The molecule has 1 aromatic carbocycles. The second-order valence-corrected chi connectivity index (χ2v) is 7.76. The summed E-state index contributed by atoms with van der Waals surface area (Å²) in [7, 11) is 1.20. The third-order valence-electron chi connectivity index (χ3n) is 4.09. The fourth-order valence-corrected chi connectivity index (χ4v) is 2.71. The first-order chi connectivity index (χ1) is 15.0. The molecular weight excluding hydrogens is 414 g/mol. The molecule has 1 atom stereocenters. The standard InChI is InChI=1S/C23H31N3O6/c1-7-12-26(18(27)14-25-22(30)32-23(3,4)5)20(21(29)24-15-19(28)31-6)17-11-9-10-16(8-2)13-17/h7-11,13,20H,1-2,12,14-15H2,3-6H3,(H,24,29)(H,25,30). The average molecular weight is 446 g/mol. The predicted molar refractivity (Wildman–Crippen MR) is 120 cm³/mol. The Morgan fingerprint density at radius 1 is 1.12 bits per heavy atom. The number of amides is 3. The second kappa shape index (κ2) is 12.3. The molecule has 0 saturated carbocycles. The minimum atomic E-state index is -1.09. The van der Waals surface area contributed by atoms with Crippen LogP contribution in [-0.4, -0.2) is 61.1 Å². The van der Waals surface area contributed by atoms with E-state index >= 15 is 0 Å². The van der Waals surface area contributed by atoms with Crippen LogP contribution in [0.15, 0.2) is 43.5 Å². The normalized spacial score (nSPS) is 11.5. The topological polar surface area (TPSA) is 114 Å². The molecule has 1 aromatic rings. The molecule has 0 aromatic heterocycles. The van der Waals surface area contributed by atoms with Crippen LogP contribution < -0.4 is 10.6 Å². The first-order valence-corrected chi connectivity index (χ1v) is 9.96. The van der Waals surface area contributed by atoms with Crippen LogP contribution in [-0.2, 0) is 23.9 Å². The van der Waals surface area contributed by atoms with E-state index in [-0.39, 0.29) is 13.1 Å². The van der Waals surface area contributed by atoms with Gasteiger partial charge < -0.3 is 25.0 Å². The minimum Gasteiger partial charge on any atom is -0.468 e. The summed E-state index contributed by atoms with van der Waals surface area (Å²) in [6.07, 6.45) is 2.31. The van der Waals surface area contributed by atoms with Gasteiger partial charge in [0.2, 0.25) is 11.8 Å². The third-order valence-corrected chi connectivity index (χ3v) is 4.09. The van der Waals surface area contributed by atoms with Crippen LogP contribution in [0.4, 0.5) is 4.79 Å². The Morgan fingerprint density at radius 2 is 1.81 bits per heavy atom. The van der Waals surface area contributed by atoms with E-state index in [2.05, 4.69) is 28.5 Å². The summed E-state index contributed by atoms with van der Waals surface area (Å²) in [5, 5.41) is 4.88. The Hall–Kier alpha value is -3.62. The number of ether oxygens (including phenoxy) is 2. The Labute approximate surface area is 188 Å².